The molecule has 0 N–H and O–H groups in total. The lowest BCUT2D eigenvalue weighted by Gasteiger charge is -2.30. The van der Waals surface area contributed by atoms with E-state index in [2.05, 4.69) is 35.9 Å². The van der Waals surface area contributed by atoms with E-state index in [4.69, 9.17) is 4.74 Å². The molecule has 1 aliphatic rings. The Labute approximate surface area is 151 Å². The zero-order valence-electron chi connectivity index (χ0n) is 15.0. The molecule has 26 heavy (non-hydrogen) atoms. The van der Waals surface area contributed by atoms with Crippen molar-refractivity contribution in [2.45, 2.75) is 19.5 Å². The minimum absolute atomic E-state index is 0.0342. The average molecular weight is 355 g/mol. The van der Waals surface area contributed by atoms with E-state index in [0.717, 1.165) is 23.5 Å². The number of rotatable bonds is 3. The molecule has 1 atom stereocenters. The Balaban J connectivity index is 2.05. The number of fused-ring (bicyclic) bond motifs is 1. The molecule has 7 heteroatoms. The predicted octanol–water partition coefficient (Wildman–Crippen LogP) is 3.23. The number of hydrogen-bond donors (Lipinski definition) is 0. The molecule has 2 aromatic rings. The maximum absolute atomic E-state index is 12.0. The van der Waals surface area contributed by atoms with E-state index in [1.807, 2.05) is 12.1 Å². The molecule has 1 unspecified atom stereocenters. The van der Waals surface area contributed by atoms with Gasteiger partial charge in [-0.25, -0.2) is 4.79 Å². The lowest BCUT2D eigenvalue weighted by molar-refractivity contribution is -0.385. The Morgan fingerprint density at radius 2 is 2.00 bits per heavy atom. The van der Waals surface area contributed by atoms with E-state index in [-0.39, 0.29) is 17.3 Å². The number of hydrogen-bond acceptors (Lipinski definition) is 6. The highest BCUT2D eigenvalue weighted by Crippen LogP contribution is 2.32. The molecule has 0 aliphatic carbocycles. The van der Waals surface area contributed by atoms with E-state index in [1.54, 1.807) is 12.1 Å². The van der Waals surface area contributed by atoms with E-state index in [1.165, 1.54) is 13.2 Å². The van der Waals surface area contributed by atoms with Gasteiger partial charge in [0.15, 0.2) is 0 Å². The SMILES string of the molecule is COC(=O)c1cc(N2Cc3ccccc3N(C)CC2C)ccc1[N+](=O)[O-]. The van der Waals surface area contributed by atoms with Crippen LogP contribution in [-0.2, 0) is 11.3 Å². The van der Waals surface area contributed by atoms with Crippen molar-refractivity contribution in [2.75, 3.05) is 30.5 Å². The molecule has 0 spiro atoms. The third-order valence-corrected chi connectivity index (χ3v) is 4.73. The Bertz CT molecular complexity index is 852. The minimum atomic E-state index is -0.710. The second-order valence-corrected chi connectivity index (χ2v) is 6.44. The third-order valence-electron chi connectivity index (χ3n) is 4.73. The lowest BCUT2D eigenvalue weighted by atomic mass is 10.1. The number of carbonyl (C=O) groups excluding carboxylic acids is 1. The smallest absolute Gasteiger partial charge is 0.344 e. The molecule has 0 amide bonds. The van der Waals surface area contributed by atoms with Gasteiger partial charge in [-0.2, -0.15) is 0 Å². The minimum Gasteiger partial charge on any atom is -0.465 e. The first kappa shape index (κ1) is 17.7. The summed E-state index contributed by atoms with van der Waals surface area (Å²) in [5, 5.41) is 11.2. The molecular formula is C19H21N3O4. The van der Waals surface area contributed by atoms with Gasteiger partial charge in [0, 0.05) is 43.6 Å². The quantitative estimate of drug-likeness (QED) is 0.478. The molecule has 0 fully saturated rings. The van der Waals surface area contributed by atoms with Crippen LogP contribution in [0, 0.1) is 10.1 Å². The number of nitro groups is 1. The number of nitrogens with zero attached hydrogens (tertiary/aromatic N) is 3. The number of benzene rings is 2. The van der Waals surface area contributed by atoms with E-state index in [9.17, 15) is 14.9 Å². The predicted molar refractivity (Wildman–Crippen MR) is 99.8 cm³/mol. The molecule has 1 aliphatic heterocycles. The number of anilines is 2. The van der Waals surface area contributed by atoms with Gasteiger partial charge in [-0.05, 0) is 30.7 Å². The Morgan fingerprint density at radius 1 is 1.27 bits per heavy atom. The fraction of sp³-hybridized carbons (Fsp3) is 0.316. The van der Waals surface area contributed by atoms with Crippen molar-refractivity contribution < 1.29 is 14.5 Å². The highest BCUT2D eigenvalue weighted by atomic mass is 16.6. The van der Waals surface area contributed by atoms with Gasteiger partial charge in [-0.3, -0.25) is 10.1 Å². The van der Waals surface area contributed by atoms with Crippen molar-refractivity contribution in [2.24, 2.45) is 0 Å². The molecular weight excluding hydrogens is 334 g/mol. The summed E-state index contributed by atoms with van der Waals surface area (Å²) >= 11 is 0. The topological polar surface area (TPSA) is 75.9 Å². The second-order valence-electron chi connectivity index (χ2n) is 6.44. The van der Waals surface area contributed by atoms with Gasteiger partial charge >= 0.3 is 5.97 Å². The number of methoxy groups -OCH3 is 1. The summed E-state index contributed by atoms with van der Waals surface area (Å²) in [6.07, 6.45) is 0. The molecule has 0 bridgehead atoms. The summed E-state index contributed by atoms with van der Waals surface area (Å²) in [7, 11) is 3.27. The molecule has 0 saturated carbocycles. The van der Waals surface area contributed by atoms with Crippen molar-refractivity contribution in [3.63, 3.8) is 0 Å². The van der Waals surface area contributed by atoms with E-state index < -0.39 is 10.9 Å². The normalized spacial score (nSPS) is 16.7. The number of para-hydroxylation sites is 1. The summed E-state index contributed by atoms with van der Waals surface area (Å²) in [6.45, 7) is 3.54. The molecule has 7 nitrogen and oxygen atoms in total. The Morgan fingerprint density at radius 3 is 2.69 bits per heavy atom. The van der Waals surface area contributed by atoms with Crippen LogP contribution in [0.1, 0.15) is 22.8 Å². The van der Waals surface area contributed by atoms with Gasteiger partial charge in [-0.1, -0.05) is 18.2 Å². The number of esters is 1. The van der Waals surface area contributed by atoms with Crippen LogP contribution in [-0.4, -0.2) is 37.6 Å². The van der Waals surface area contributed by atoms with Crippen molar-refractivity contribution in [1.29, 1.82) is 0 Å². The average Bonchev–Trinajstić information content (AvgIpc) is 2.76. The molecule has 0 aromatic heterocycles. The number of carbonyl (C=O) groups is 1. The van der Waals surface area contributed by atoms with Crippen LogP contribution in [0.2, 0.25) is 0 Å². The maximum atomic E-state index is 12.0. The first-order chi connectivity index (χ1) is 12.4. The van der Waals surface area contributed by atoms with Crippen LogP contribution < -0.4 is 9.80 Å². The first-order valence-corrected chi connectivity index (χ1v) is 8.34. The second kappa shape index (κ2) is 7.03. The first-order valence-electron chi connectivity index (χ1n) is 8.34. The Hall–Kier alpha value is -3.09. The van der Waals surface area contributed by atoms with Gasteiger partial charge in [-0.15, -0.1) is 0 Å². The molecule has 1 heterocycles. The van der Waals surface area contributed by atoms with Crippen LogP contribution in [0.4, 0.5) is 17.1 Å². The fourth-order valence-electron chi connectivity index (χ4n) is 3.43. The van der Waals surface area contributed by atoms with E-state index >= 15 is 0 Å². The monoisotopic (exact) mass is 355 g/mol. The van der Waals surface area contributed by atoms with Crippen LogP contribution in [0.5, 0.6) is 0 Å². The van der Waals surface area contributed by atoms with Crippen molar-refractivity contribution >= 4 is 23.0 Å². The van der Waals surface area contributed by atoms with Gasteiger partial charge in [0.1, 0.15) is 5.56 Å². The largest absolute Gasteiger partial charge is 0.465 e. The number of nitro benzene ring substituents is 1. The zero-order chi connectivity index (χ0) is 18.8. The molecule has 0 radical (unpaired) electrons. The van der Waals surface area contributed by atoms with Crippen LogP contribution in [0.25, 0.3) is 0 Å². The van der Waals surface area contributed by atoms with Crippen LogP contribution >= 0.6 is 0 Å². The zero-order valence-corrected chi connectivity index (χ0v) is 15.0. The highest BCUT2D eigenvalue weighted by Gasteiger charge is 2.27. The molecule has 136 valence electrons. The maximum Gasteiger partial charge on any atom is 0.344 e. The van der Waals surface area contributed by atoms with Gasteiger partial charge in [0.2, 0.25) is 0 Å². The van der Waals surface area contributed by atoms with Crippen molar-refractivity contribution in [3.8, 4) is 0 Å². The van der Waals surface area contributed by atoms with Crippen LogP contribution in [0.15, 0.2) is 42.5 Å². The summed E-state index contributed by atoms with van der Waals surface area (Å²) in [5.41, 5.74) is 2.80. The molecule has 2 aromatic carbocycles. The summed E-state index contributed by atoms with van der Waals surface area (Å²) in [5.74, 6) is -0.710. The van der Waals surface area contributed by atoms with Gasteiger partial charge < -0.3 is 14.5 Å². The number of ether oxygens (including phenoxy) is 1. The summed E-state index contributed by atoms with van der Waals surface area (Å²) < 4.78 is 4.72. The lowest BCUT2D eigenvalue weighted by Crippen LogP contribution is -2.38. The van der Waals surface area contributed by atoms with Crippen molar-refractivity contribution in [3.05, 3.63) is 63.7 Å². The molecule has 3 rings (SSSR count). The Kier molecular flexibility index (Phi) is 4.79. The standard InChI is InChI=1S/C19H21N3O4/c1-13-11-20(2)17-7-5-4-6-14(17)12-21(13)15-8-9-18(22(24)25)16(10-15)19(23)26-3/h4-10,13H,11-12H2,1-3H3. The van der Waals surface area contributed by atoms with Crippen molar-refractivity contribution in [1.82, 2.24) is 0 Å². The summed E-state index contributed by atoms with van der Waals surface area (Å²) in [6, 6.07) is 12.9. The third kappa shape index (κ3) is 3.20. The number of likely N-dealkylation sites (N-methyl/N-ethyl adjacent to an activating group) is 1. The summed E-state index contributed by atoms with van der Waals surface area (Å²) in [4.78, 5) is 27.0. The van der Waals surface area contributed by atoms with E-state index in [0.29, 0.717) is 6.54 Å². The van der Waals surface area contributed by atoms with Gasteiger partial charge in [0.25, 0.3) is 5.69 Å². The van der Waals surface area contributed by atoms with Gasteiger partial charge in [0.05, 0.1) is 12.0 Å². The van der Waals surface area contributed by atoms with Crippen LogP contribution in [0.3, 0.4) is 0 Å². The highest BCUT2D eigenvalue weighted by molar-refractivity contribution is 5.95. The molecule has 0 saturated heterocycles. The fourth-order valence-corrected chi connectivity index (χ4v) is 3.43.